The Morgan fingerprint density at radius 2 is 1.93 bits per heavy atom. The minimum absolute atomic E-state index is 0.147. The lowest BCUT2D eigenvalue weighted by Gasteiger charge is -1.93. The van der Waals surface area contributed by atoms with Gasteiger partial charge in [-0.3, -0.25) is 0 Å². The highest BCUT2D eigenvalue weighted by Crippen LogP contribution is 1.94. The van der Waals surface area contributed by atoms with Crippen LogP contribution in [0.1, 0.15) is 5.56 Å². The first-order valence-corrected chi connectivity index (χ1v) is 5.95. The van der Waals surface area contributed by atoms with E-state index in [4.69, 9.17) is 0 Å². The first-order valence-electron chi connectivity index (χ1n) is 4.06. The van der Waals surface area contributed by atoms with Crippen molar-refractivity contribution >= 4 is 10.0 Å². The lowest BCUT2D eigenvalue weighted by atomic mass is 10.2. The zero-order valence-corrected chi connectivity index (χ0v) is 8.64. The predicted molar refractivity (Wildman–Crippen MR) is 56.2 cm³/mol. The summed E-state index contributed by atoms with van der Waals surface area (Å²) in [6, 6.07) is 9.41. The third-order valence-electron chi connectivity index (χ3n) is 1.43. The third kappa shape index (κ3) is 4.65. The lowest BCUT2D eigenvalue weighted by molar-refractivity contribution is 0.592. The molecule has 0 aliphatic rings. The normalized spacial score (nSPS) is 10.4. The van der Waals surface area contributed by atoms with Crippen molar-refractivity contribution in [1.29, 1.82) is 0 Å². The molecular formula is C10H11NO2S. The van der Waals surface area contributed by atoms with Crippen molar-refractivity contribution in [2.24, 2.45) is 0 Å². The molecule has 0 aromatic heterocycles. The Kier molecular flexibility index (Phi) is 3.69. The van der Waals surface area contributed by atoms with E-state index in [0.717, 1.165) is 11.8 Å². The number of hydrogen-bond donors (Lipinski definition) is 1. The fourth-order valence-electron chi connectivity index (χ4n) is 0.835. The summed E-state index contributed by atoms with van der Waals surface area (Å²) in [4.78, 5) is 0. The van der Waals surface area contributed by atoms with Gasteiger partial charge in [-0.25, -0.2) is 13.1 Å². The number of rotatable bonds is 2. The van der Waals surface area contributed by atoms with Crippen LogP contribution in [0.25, 0.3) is 0 Å². The second-order valence-corrected chi connectivity index (χ2v) is 4.59. The maximum atomic E-state index is 10.7. The van der Waals surface area contributed by atoms with Crippen molar-refractivity contribution in [3.8, 4) is 11.8 Å². The highest BCUT2D eigenvalue weighted by molar-refractivity contribution is 7.88. The van der Waals surface area contributed by atoms with Crippen molar-refractivity contribution in [2.75, 3.05) is 12.8 Å². The largest absolute Gasteiger partial charge is 0.213 e. The van der Waals surface area contributed by atoms with Crippen LogP contribution < -0.4 is 4.72 Å². The molecule has 0 radical (unpaired) electrons. The van der Waals surface area contributed by atoms with E-state index in [1.165, 1.54) is 0 Å². The summed E-state index contributed by atoms with van der Waals surface area (Å²) in [5, 5.41) is 0. The molecule has 0 spiro atoms. The minimum Gasteiger partial charge on any atom is -0.213 e. The van der Waals surface area contributed by atoms with Gasteiger partial charge < -0.3 is 0 Å². The van der Waals surface area contributed by atoms with Gasteiger partial charge in [0, 0.05) is 5.56 Å². The highest BCUT2D eigenvalue weighted by atomic mass is 32.2. The molecule has 0 fully saturated rings. The second-order valence-electron chi connectivity index (χ2n) is 2.76. The van der Waals surface area contributed by atoms with Crippen LogP contribution in [0.2, 0.25) is 0 Å². The molecule has 0 bridgehead atoms. The second kappa shape index (κ2) is 4.80. The first-order chi connectivity index (χ1) is 6.58. The van der Waals surface area contributed by atoms with Gasteiger partial charge in [0.2, 0.25) is 10.0 Å². The summed E-state index contributed by atoms with van der Waals surface area (Å²) in [7, 11) is -3.13. The molecule has 0 amide bonds. The fourth-order valence-corrected chi connectivity index (χ4v) is 1.17. The Balaban J connectivity index is 2.50. The minimum atomic E-state index is -3.13. The predicted octanol–water partition coefficient (Wildman–Crippen LogP) is 0.587. The maximum absolute atomic E-state index is 10.7. The van der Waals surface area contributed by atoms with Gasteiger partial charge in [0.15, 0.2) is 0 Å². The Bertz CT molecular complexity index is 440. The SMILES string of the molecule is CS(=O)(=O)NCC#Cc1ccccc1. The van der Waals surface area contributed by atoms with Crippen LogP contribution in [0.5, 0.6) is 0 Å². The Labute approximate surface area is 84.2 Å². The standard InChI is InChI=1S/C10H11NO2S/c1-14(12,13)11-9-5-8-10-6-3-2-4-7-10/h2-4,6-7,11H,9H2,1H3. The van der Waals surface area contributed by atoms with Crippen molar-refractivity contribution in [1.82, 2.24) is 4.72 Å². The molecule has 0 saturated heterocycles. The number of sulfonamides is 1. The van der Waals surface area contributed by atoms with Crippen LogP contribution in [0, 0.1) is 11.8 Å². The van der Waals surface area contributed by atoms with Gasteiger partial charge in [0.1, 0.15) is 0 Å². The van der Waals surface area contributed by atoms with E-state index in [9.17, 15) is 8.42 Å². The Hall–Kier alpha value is -1.31. The van der Waals surface area contributed by atoms with E-state index >= 15 is 0 Å². The van der Waals surface area contributed by atoms with Crippen molar-refractivity contribution in [3.05, 3.63) is 35.9 Å². The zero-order valence-electron chi connectivity index (χ0n) is 7.82. The van der Waals surface area contributed by atoms with Gasteiger partial charge in [-0.05, 0) is 12.1 Å². The van der Waals surface area contributed by atoms with Crippen LogP contribution in [0.4, 0.5) is 0 Å². The Morgan fingerprint density at radius 1 is 1.29 bits per heavy atom. The van der Waals surface area contributed by atoms with Gasteiger partial charge in [-0.15, -0.1) is 0 Å². The average Bonchev–Trinajstić information content (AvgIpc) is 2.13. The summed E-state index contributed by atoms with van der Waals surface area (Å²) < 4.78 is 23.6. The average molecular weight is 209 g/mol. The quantitative estimate of drug-likeness (QED) is 0.724. The summed E-state index contributed by atoms with van der Waals surface area (Å²) in [6.07, 6.45) is 1.11. The molecule has 4 heteroatoms. The van der Waals surface area contributed by atoms with Gasteiger partial charge >= 0.3 is 0 Å². The third-order valence-corrected chi connectivity index (χ3v) is 2.10. The van der Waals surface area contributed by atoms with Crippen LogP contribution in [-0.4, -0.2) is 21.2 Å². The molecular weight excluding hydrogens is 198 g/mol. The van der Waals surface area contributed by atoms with E-state index in [1.807, 2.05) is 30.3 Å². The molecule has 0 aliphatic carbocycles. The zero-order chi connectivity index (χ0) is 10.4. The summed E-state index contributed by atoms with van der Waals surface area (Å²) in [6.45, 7) is 0.147. The molecule has 1 N–H and O–H groups in total. The monoisotopic (exact) mass is 209 g/mol. The van der Waals surface area contributed by atoms with Crippen molar-refractivity contribution < 1.29 is 8.42 Å². The molecule has 0 saturated carbocycles. The van der Waals surface area contributed by atoms with Crippen LogP contribution in [0.3, 0.4) is 0 Å². The molecule has 0 heterocycles. The van der Waals surface area contributed by atoms with E-state index in [0.29, 0.717) is 0 Å². The van der Waals surface area contributed by atoms with Crippen LogP contribution >= 0.6 is 0 Å². The van der Waals surface area contributed by atoms with Crippen LogP contribution in [0.15, 0.2) is 30.3 Å². The molecule has 0 unspecified atom stereocenters. The molecule has 0 atom stereocenters. The van der Waals surface area contributed by atoms with Gasteiger partial charge in [-0.1, -0.05) is 30.0 Å². The van der Waals surface area contributed by atoms with Gasteiger partial charge in [0.25, 0.3) is 0 Å². The smallest absolute Gasteiger partial charge is 0.209 e. The van der Waals surface area contributed by atoms with Gasteiger partial charge in [0.05, 0.1) is 12.8 Å². The molecule has 0 aliphatic heterocycles. The van der Waals surface area contributed by atoms with Crippen LogP contribution in [-0.2, 0) is 10.0 Å². The van der Waals surface area contributed by atoms with E-state index in [1.54, 1.807) is 0 Å². The number of nitrogens with one attached hydrogen (secondary N) is 1. The van der Waals surface area contributed by atoms with Crippen molar-refractivity contribution in [3.63, 3.8) is 0 Å². The van der Waals surface area contributed by atoms with Crippen molar-refractivity contribution in [2.45, 2.75) is 0 Å². The topological polar surface area (TPSA) is 46.2 Å². The molecule has 1 rings (SSSR count). The molecule has 3 nitrogen and oxygen atoms in total. The maximum Gasteiger partial charge on any atom is 0.209 e. The highest BCUT2D eigenvalue weighted by Gasteiger charge is 1.94. The lowest BCUT2D eigenvalue weighted by Crippen LogP contribution is -2.21. The Morgan fingerprint density at radius 3 is 2.50 bits per heavy atom. The summed E-state index contributed by atoms with van der Waals surface area (Å²) >= 11 is 0. The number of benzene rings is 1. The molecule has 74 valence electrons. The molecule has 1 aromatic rings. The number of hydrogen-bond acceptors (Lipinski definition) is 2. The van der Waals surface area contributed by atoms with E-state index in [-0.39, 0.29) is 6.54 Å². The van der Waals surface area contributed by atoms with E-state index in [2.05, 4.69) is 16.6 Å². The van der Waals surface area contributed by atoms with Gasteiger partial charge in [-0.2, -0.15) is 0 Å². The molecule has 14 heavy (non-hydrogen) atoms. The summed E-state index contributed by atoms with van der Waals surface area (Å²) in [5.74, 6) is 5.56. The first kappa shape index (κ1) is 10.8. The summed E-state index contributed by atoms with van der Waals surface area (Å²) in [5.41, 5.74) is 0.878. The van der Waals surface area contributed by atoms with E-state index < -0.39 is 10.0 Å². The fraction of sp³-hybridized carbons (Fsp3) is 0.200. The molecule has 1 aromatic carbocycles.